The zero-order chi connectivity index (χ0) is 34.3. The summed E-state index contributed by atoms with van der Waals surface area (Å²) in [5.41, 5.74) is 6.10. The van der Waals surface area contributed by atoms with E-state index >= 15 is 0 Å². The molecule has 0 aromatic heterocycles. The molecule has 0 saturated carbocycles. The first kappa shape index (κ1) is 36.2. The highest BCUT2D eigenvalue weighted by molar-refractivity contribution is 5.86. The first-order valence-corrected chi connectivity index (χ1v) is 17.5. The van der Waals surface area contributed by atoms with Gasteiger partial charge in [-0.05, 0) is 85.3 Å². The molecule has 49 heavy (non-hydrogen) atoms. The van der Waals surface area contributed by atoms with Crippen molar-refractivity contribution in [3.63, 3.8) is 0 Å². The van der Waals surface area contributed by atoms with Gasteiger partial charge in [0.25, 0.3) is 0 Å². The minimum Gasteiger partial charge on any atom is -0.487 e. The summed E-state index contributed by atoms with van der Waals surface area (Å²) in [5, 5.41) is 0. The Morgan fingerprint density at radius 3 is 1.10 bits per heavy atom. The van der Waals surface area contributed by atoms with Crippen molar-refractivity contribution in [2.45, 2.75) is 33.1 Å². The molecule has 0 N–H and O–H groups in total. The van der Waals surface area contributed by atoms with Gasteiger partial charge in [-0.25, -0.2) is 0 Å². The third-order valence-corrected chi connectivity index (χ3v) is 8.46. The third-order valence-electron chi connectivity index (χ3n) is 8.46. The Labute approximate surface area is 291 Å². The first-order valence-electron chi connectivity index (χ1n) is 17.5. The van der Waals surface area contributed by atoms with Crippen LogP contribution in [0.15, 0.2) is 84.9 Å². The smallest absolute Gasteiger partial charge is 0.161 e. The van der Waals surface area contributed by atoms with E-state index in [-0.39, 0.29) is 0 Å². The molecule has 0 aliphatic heterocycles. The molecule has 4 aromatic carbocycles. The molecule has 8 heteroatoms. The van der Waals surface area contributed by atoms with Crippen LogP contribution in [0.5, 0.6) is 23.0 Å². The minimum absolute atomic E-state index is 0.394. The standard InChI is InChI=1S/C41H50O8/c1-5-42-21-25-46-37-19-17-31(29-39(37)48-27-23-44-7-3)41(35-15-11-9-13-33(35)34-14-10-12-16-36(34)41)32-18-20-38(47-26-22-43-6-2)40(30-32)49-28-24-45-8-4/h9-20,29-30H,5-8,21-28H2,1-4H3. The fourth-order valence-electron chi connectivity index (χ4n) is 6.39. The molecule has 1 aliphatic carbocycles. The zero-order valence-electron chi connectivity index (χ0n) is 29.3. The molecule has 5 rings (SSSR count). The topological polar surface area (TPSA) is 73.8 Å². The maximum Gasteiger partial charge on any atom is 0.161 e. The highest BCUT2D eigenvalue weighted by Crippen LogP contribution is 2.57. The Morgan fingerprint density at radius 1 is 0.388 bits per heavy atom. The number of rotatable bonds is 22. The van der Waals surface area contributed by atoms with Gasteiger partial charge in [0.15, 0.2) is 23.0 Å². The summed E-state index contributed by atoms with van der Waals surface area (Å²) in [5.74, 6) is 2.62. The molecule has 0 saturated heterocycles. The van der Waals surface area contributed by atoms with Crippen LogP contribution in [0.4, 0.5) is 0 Å². The second-order valence-electron chi connectivity index (χ2n) is 11.3. The van der Waals surface area contributed by atoms with E-state index in [9.17, 15) is 0 Å². The van der Waals surface area contributed by atoms with Crippen molar-refractivity contribution in [3.05, 3.63) is 107 Å². The maximum absolute atomic E-state index is 6.38. The largest absolute Gasteiger partial charge is 0.487 e. The number of benzene rings is 4. The Hall–Kier alpha value is -4.08. The highest BCUT2D eigenvalue weighted by atomic mass is 16.6. The minimum atomic E-state index is -0.697. The lowest BCUT2D eigenvalue weighted by Gasteiger charge is -2.34. The molecule has 0 fully saturated rings. The van der Waals surface area contributed by atoms with Crippen LogP contribution in [-0.4, -0.2) is 79.3 Å². The monoisotopic (exact) mass is 670 g/mol. The van der Waals surface area contributed by atoms with E-state index in [1.165, 1.54) is 22.3 Å². The van der Waals surface area contributed by atoms with Crippen molar-refractivity contribution in [2.24, 2.45) is 0 Å². The second kappa shape index (κ2) is 18.6. The second-order valence-corrected chi connectivity index (χ2v) is 11.3. The molecule has 4 aromatic rings. The van der Waals surface area contributed by atoms with E-state index in [0.717, 1.165) is 11.1 Å². The number of ether oxygens (including phenoxy) is 8. The van der Waals surface area contributed by atoms with E-state index in [0.29, 0.717) is 102 Å². The lowest BCUT2D eigenvalue weighted by molar-refractivity contribution is 0.0998. The molecule has 0 unspecified atom stereocenters. The van der Waals surface area contributed by atoms with Crippen LogP contribution in [0.3, 0.4) is 0 Å². The average molecular weight is 671 g/mol. The Bertz CT molecular complexity index is 1480. The van der Waals surface area contributed by atoms with Gasteiger partial charge in [-0.1, -0.05) is 60.7 Å². The molecule has 8 nitrogen and oxygen atoms in total. The Balaban J connectivity index is 1.67. The predicted octanol–water partition coefficient (Wildman–Crippen LogP) is 7.71. The summed E-state index contributed by atoms with van der Waals surface area (Å²) < 4.78 is 47.4. The van der Waals surface area contributed by atoms with Gasteiger partial charge in [-0.3, -0.25) is 0 Å². The predicted molar refractivity (Wildman–Crippen MR) is 192 cm³/mol. The van der Waals surface area contributed by atoms with Crippen molar-refractivity contribution in [3.8, 4) is 34.1 Å². The first-order chi connectivity index (χ1) is 24.2. The molecule has 262 valence electrons. The summed E-state index contributed by atoms with van der Waals surface area (Å²) in [4.78, 5) is 0. The lowest BCUT2D eigenvalue weighted by atomic mass is 9.67. The van der Waals surface area contributed by atoms with Gasteiger partial charge >= 0.3 is 0 Å². The van der Waals surface area contributed by atoms with Crippen molar-refractivity contribution in [1.29, 1.82) is 0 Å². The zero-order valence-corrected chi connectivity index (χ0v) is 29.3. The van der Waals surface area contributed by atoms with Gasteiger partial charge in [0.2, 0.25) is 0 Å². The van der Waals surface area contributed by atoms with Crippen LogP contribution in [-0.2, 0) is 24.4 Å². The molecule has 0 amide bonds. The normalized spacial score (nSPS) is 12.7. The van der Waals surface area contributed by atoms with Gasteiger partial charge in [0, 0.05) is 26.4 Å². The maximum atomic E-state index is 6.38. The highest BCUT2D eigenvalue weighted by Gasteiger charge is 2.46. The Morgan fingerprint density at radius 2 is 0.735 bits per heavy atom. The molecular formula is C41H50O8. The van der Waals surface area contributed by atoms with Crippen LogP contribution in [0.2, 0.25) is 0 Å². The molecule has 0 bridgehead atoms. The SMILES string of the molecule is CCOCCOc1ccc(C2(c3ccc(OCCOCC)c(OCCOCC)c3)c3ccccc3-c3ccccc32)cc1OCCOCC. The van der Waals surface area contributed by atoms with Crippen LogP contribution in [0.25, 0.3) is 11.1 Å². The van der Waals surface area contributed by atoms with Crippen LogP contribution < -0.4 is 18.9 Å². The fourth-order valence-corrected chi connectivity index (χ4v) is 6.39. The van der Waals surface area contributed by atoms with Crippen LogP contribution in [0, 0.1) is 0 Å². The third kappa shape index (κ3) is 8.39. The van der Waals surface area contributed by atoms with Gasteiger partial charge in [-0.2, -0.15) is 0 Å². The number of hydrogen-bond acceptors (Lipinski definition) is 8. The summed E-state index contributed by atoms with van der Waals surface area (Å²) in [6.07, 6.45) is 0. The molecule has 0 spiro atoms. The summed E-state index contributed by atoms with van der Waals surface area (Å²) in [6.45, 7) is 14.0. The molecule has 0 heterocycles. The van der Waals surface area contributed by atoms with Crippen molar-refractivity contribution in [2.75, 3.05) is 79.3 Å². The summed E-state index contributed by atoms with van der Waals surface area (Å²) in [6, 6.07) is 29.8. The summed E-state index contributed by atoms with van der Waals surface area (Å²) >= 11 is 0. The van der Waals surface area contributed by atoms with E-state index in [1.807, 2.05) is 39.8 Å². The van der Waals surface area contributed by atoms with Crippen molar-refractivity contribution < 1.29 is 37.9 Å². The Kier molecular flexibility index (Phi) is 13.8. The van der Waals surface area contributed by atoms with E-state index in [1.54, 1.807) is 0 Å². The average Bonchev–Trinajstić information content (AvgIpc) is 3.44. The quantitative estimate of drug-likeness (QED) is 0.0694. The number of fused-ring (bicyclic) bond motifs is 3. The van der Waals surface area contributed by atoms with Crippen LogP contribution >= 0.6 is 0 Å². The summed E-state index contributed by atoms with van der Waals surface area (Å²) in [7, 11) is 0. The van der Waals surface area contributed by atoms with E-state index in [2.05, 4.69) is 72.8 Å². The van der Waals surface area contributed by atoms with Crippen molar-refractivity contribution >= 4 is 0 Å². The van der Waals surface area contributed by atoms with Crippen molar-refractivity contribution in [1.82, 2.24) is 0 Å². The van der Waals surface area contributed by atoms with E-state index in [4.69, 9.17) is 37.9 Å². The van der Waals surface area contributed by atoms with Gasteiger partial charge in [0.1, 0.15) is 26.4 Å². The van der Waals surface area contributed by atoms with Gasteiger partial charge < -0.3 is 37.9 Å². The molecule has 0 atom stereocenters. The fraction of sp³-hybridized carbons (Fsp3) is 0.415. The van der Waals surface area contributed by atoms with Gasteiger partial charge in [-0.15, -0.1) is 0 Å². The molecule has 0 radical (unpaired) electrons. The lowest BCUT2D eigenvalue weighted by Crippen LogP contribution is -2.29. The number of hydrogen-bond donors (Lipinski definition) is 0. The van der Waals surface area contributed by atoms with Gasteiger partial charge in [0.05, 0.1) is 31.8 Å². The molecule has 1 aliphatic rings. The molecular weight excluding hydrogens is 620 g/mol. The van der Waals surface area contributed by atoms with Crippen LogP contribution in [0.1, 0.15) is 49.9 Å². The van der Waals surface area contributed by atoms with E-state index < -0.39 is 5.41 Å².